The van der Waals surface area contributed by atoms with E-state index in [9.17, 15) is 21.6 Å². The van der Waals surface area contributed by atoms with Gasteiger partial charge in [0.05, 0.1) is 31.8 Å². The van der Waals surface area contributed by atoms with Crippen molar-refractivity contribution in [2.75, 3.05) is 65.3 Å². The van der Waals surface area contributed by atoms with E-state index in [-0.39, 0.29) is 56.1 Å². The molecule has 0 spiro atoms. The highest BCUT2D eigenvalue weighted by atomic mass is 32.2. The summed E-state index contributed by atoms with van der Waals surface area (Å²) < 4.78 is 73.4. The van der Waals surface area contributed by atoms with Crippen molar-refractivity contribution in [1.29, 1.82) is 0 Å². The van der Waals surface area contributed by atoms with Crippen LogP contribution in [0.5, 0.6) is 5.75 Å². The second kappa shape index (κ2) is 14.7. The average molecular weight is 754 g/mol. The van der Waals surface area contributed by atoms with Gasteiger partial charge in [0.2, 0.25) is 10.0 Å². The third-order valence-electron chi connectivity index (χ3n) is 12.0. The van der Waals surface area contributed by atoms with Crippen molar-refractivity contribution in [2.24, 2.45) is 0 Å². The number of fused-ring (bicyclic) bond motifs is 5. The molecule has 1 amide bonds. The number of carbonyl (C=O) groups excluding carboxylic acids is 1. The lowest BCUT2D eigenvalue weighted by Gasteiger charge is -2.31. The number of piperidine rings is 1. The highest BCUT2D eigenvalue weighted by Gasteiger charge is 2.37. The van der Waals surface area contributed by atoms with Crippen molar-refractivity contribution in [2.45, 2.75) is 82.2 Å². The van der Waals surface area contributed by atoms with Gasteiger partial charge < -0.3 is 18.9 Å². The van der Waals surface area contributed by atoms with Crippen molar-refractivity contribution in [3.05, 3.63) is 53.1 Å². The quantitative estimate of drug-likeness (QED) is 0.300. The highest BCUT2D eigenvalue weighted by molar-refractivity contribution is 7.89. The Bertz CT molecular complexity index is 2030. The number of methoxy groups -OCH3 is 1. The number of sulfonamides is 1. The number of hydrogen-bond donors (Lipinski definition) is 1. The van der Waals surface area contributed by atoms with E-state index in [0.29, 0.717) is 12.5 Å². The van der Waals surface area contributed by atoms with Crippen LogP contribution in [0.2, 0.25) is 0 Å². The molecule has 5 heterocycles. The van der Waals surface area contributed by atoms with E-state index in [1.807, 2.05) is 12.1 Å². The molecule has 282 valence electrons. The van der Waals surface area contributed by atoms with E-state index in [0.717, 1.165) is 98.9 Å². The summed E-state index contributed by atoms with van der Waals surface area (Å²) in [6, 6.07) is 11.7. The van der Waals surface area contributed by atoms with Gasteiger partial charge in [0.15, 0.2) is 0 Å². The monoisotopic (exact) mass is 753 g/mol. The minimum atomic E-state index is -4.07. The molecule has 0 radical (unpaired) electrons. The van der Waals surface area contributed by atoms with Crippen LogP contribution in [0.1, 0.15) is 91.1 Å². The number of morpholine rings is 1. The van der Waals surface area contributed by atoms with E-state index >= 15 is 0 Å². The van der Waals surface area contributed by atoms with Crippen LogP contribution in [0, 0.1) is 0 Å². The summed E-state index contributed by atoms with van der Waals surface area (Å²) in [6.07, 6.45) is 9.38. The van der Waals surface area contributed by atoms with Gasteiger partial charge in [-0.15, -0.1) is 0 Å². The fourth-order valence-electron chi connectivity index (χ4n) is 9.03. The van der Waals surface area contributed by atoms with Crippen LogP contribution < -0.4 is 9.46 Å². The zero-order valence-corrected chi connectivity index (χ0v) is 31.7. The topological polar surface area (TPSA) is 130 Å². The van der Waals surface area contributed by atoms with E-state index < -0.39 is 26.1 Å². The molecular formula is C38H51N5O7S2. The van der Waals surface area contributed by atoms with Crippen LogP contribution in [0.15, 0.2) is 36.4 Å². The number of nitrogens with one attached hydrogen (secondary N) is 1. The van der Waals surface area contributed by atoms with Gasteiger partial charge in [0, 0.05) is 60.8 Å². The second-order valence-electron chi connectivity index (χ2n) is 15.2. The Hall–Kier alpha value is -3.01. The van der Waals surface area contributed by atoms with Crippen molar-refractivity contribution in [1.82, 2.24) is 22.8 Å². The molecule has 14 heteroatoms. The Kier molecular flexibility index (Phi) is 10.2. The Morgan fingerprint density at radius 1 is 0.846 bits per heavy atom. The number of aryl methyl sites for hydroxylation is 1. The first-order chi connectivity index (χ1) is 25.1. The number of hydrogen-bond acceptors (Lipinski definition) is 8. The van der Waals surface area contributed by atoms with Crippen molar-refractivity contribution >= 4 is 37.0 Å². The Labute approximate surface area is 307 Å². The first-order valence-electron chi connectivity index (χ1n) is 19.1. The molecule has 2 aliphatic carbocycles. The van der Waals surface area contributed by atoms with Gasteiger partial charge >= 0.3 is 10.2 Å². The minimum Gasteiger partial charge on any atom is -0.497 e. The zero-order chi connectivity index (χ0) is 36.0. The van der Waals surface area contributed by atoms with E-state index in [4.69, 9.17) is 9.47 Å². The molecule has 1 N–H and O–H groups in total. The standard InChI is InChI=1S/C38H51N5O7S2/c1-49-31-10-12-32(34(26-31)27-7-8-27)37-36(28-5-3-2-4-6-28)33-11-9-29(38(44)39-52(47,48)41-19-22-50-23-20-41)25-35(33)42(37)21-24-51(45,46)43-18-17-40-15-13-30(43)14-16-40/h9-12,25-28,30H,2-8,13-24H2,1H3,(H,39,44). The van der Waals surface area contributed by atoms with Crippen molar-refractivity contribution in [3.8, 4) is 17.0 Å². The van der Waals surface area contributed by atoms with Crippen LogP contribution in [-0.4, -0.2) is 112 Å². The van der Waals surface area contributed by atoms with Crippen LogP contribution in [0.25, 0.3) is 22.2 Å². The predicted molar refractivity (Wildman–Crippen MR) is 200 cm³/mol. The van der Waals surface area contributed by atoms with Gasteiger partial charge in [-0.2, -0.15) is 17.0 Å². The fourth-order valence-corrected chi connectivity index (χ4v) is 11.8. The first-order valence-corrected chi connectivity index (χ1v) is 22.1. The average Bonchev–Trinajstić information content (AvgIpc) is 4.01. The number of rotatable bonds is 11. The lowest BCUT2D eigenvalue weighted by atomic mass is 9.81. The number of benzene rings is 2. The summed E-state index contributed by atoms with van der Waals surface area (Å²) in [6.45, 7) is 4.23. The Balaban J connectivity index is 1.25. The van der Waals surface area contributed by atoms with Crippen LogP contribution in [0.3, 0.4) is 0 Å². The van der Waals surface area contributed by atoms with Gasteiger partial charge in [0.25, 0.3) is 5.91 Å². The SMILES string of the molecule is COc1ccc(-c2c(C3CCCCC3)c3ccc(C(=O)NS(=O)(=O)N4CCOCC4)cc3n2CCS(=O)(=O)N2CCN3CCC2CC3)c(C2CC2)c1. The molecule has 0 unspecified atom stereocenters. The van der Waals surface area contributed by atoms with Crippen LogP contribution in [0.4, 0.5) is 0 Å². The molecule has 12 nitrogen and oxygen atoms in total. The van der Waals surface area contributed by atoms with Crippen LogP contribution >= 0.6 is 0 Å². The largest absolute Gasteiger partial charge is 0.497 e. The Morgan fingerprint density at radius 2 is 1.60 bits per heavy atom. The van der Waals surface area contributed by atoms with Gasteiger partial charge in [-0.25, -0.2) is 13.1 Å². The molecule has 6 fully saturated rings. The number of aromatic nitrogens is 1. The van der Waals surface area contributed by atoms with Gasteiger partial charge in [-0.05, 0) is 105 Å². The Morgan fingerprint density at radius 3 is 2.31 bits per heavy atom. The summed E-state index contributed by atoms with van der Waals surface area (Å²) >= 11 is 0. The maximum absolute atomic E-state index is 14.3. The maximum atomic E-state index is 14.3. The first kappa shape index (κ1) is 36.0. The van der Waals surface area contributed by atoms with E-state index in [2.05, 4.69) is 26.3 Å². The minimum absolute atomic E-state index is 0.0224. The predicted octanol–water partition coefficient (Wildman–Crippen LogP) is 4.66. The number of nitrogens with zero attached hydrogens (tertiary/aromatic N) is 4. The van der Waals surface area contributed by atoms with Gasteiger partial charge in [0.1, 0.15) is 5.75 Å². The molecule has 9 rings (SSSR count). The van der Waals surface area contributed by atoms with Crippen molar-refractivity contribution in [3.63, 3.8) is 0 Å². The lowest BCUT2D eigenvalue weighted by Crippen LogP contribution is -2.48. The second-order valence-corrected chi connectivity index (χ2v) is 18.9. The number of amides is 1. The molecule has 2 saturated carbocycles. The van der Waals surface area contributed by atoms with Crippen LogP contribution in [-0.2, 0) is 31.5 Å². The van der Waals surface area contributed by atoms with E-state index in [1.54, 1.807) is 23.5 Å². The molecule has 3 aromatic rings. The molecule has 2 bridgehead atoms. The zero-order valence-electron chi connectivity index (χ0n) is 30.1. The maximum Gasteiger partial charge on any atom is 0.304 e. The molecule has 2 aromatic carbocycles. The molecular weight excluding hydrogens is 703 g/mol. The smallest absolute Gasteiger partial charge is 0.304 e. The molecule has 4 saturated heterocycles. The highest BCUT2D eigenvalue weighted by Crippen LogP contribution is 2.50. The number of ether oxygens (including phenoxy) is 2. The fraction of sp³-hybridized carbons (Fsp3) is 0.605. The van der Waals surface area contributed by atoms with Gasteiger partial charge in [-0.3, -0.25) is 4.79 Å². The molecule has 1 aromatic heterocycles. The summed E-state index contributed by atoms with van der Waals surface area (Å²) in [4.78, 5) is 16.1. The third-order valence-corrected chi connectivity index (χ3v) is 15.4. The lowest BCUT2D eigenvalue weighted by molar-refractivity contribution is 0.0719. The third kappa shape index (κ3) is 7.14. The molecule has 0 atom stereocenters. The summed E-state index contributed by atoms with van der Waals surface area (Å²) in [5.41, 5.74) is 5.47. The van der Waals surface area contributed by atoms with Crippen molar-refractivity contribution < 1.29 is 31.1 Å². The summed E-state index contributed by atoms with van der Waals surface area (Å²) in [7, 11) is -6.01. The van der Waals surface area contributed by atoms with Gasteiger partial charge in [-0.1, -0.05) is 25.3 Å². The summed E-state index contributed by atoms with van der Waals surface area (Å²) in [5, 5.41) is 0.991. The molecule has 6 aliphatic rings. The van der Waals surface area contributed by atoms with E-state index in [1.165, 1.54) is 21.9 Å². The molecule has 4 aliphatic heterocycles. The normalized spacial score (nSPS) is 23.9. The number of carbonyl (C=O) groups is 1. The molecule has 52 heavy (non-hydrogen) atoms. The summed E-state index contributed by atoms with van der Waals surface area (Å²) in [5.74, 6) is 0.680.